The van der Waals surface area contributed by atoms with Crippen molar-refractivity contribution in [3.8, 4) is 11.1 Å². The lowest BCUT2D eigenvalue weighted by Crippen LogP contribution is -2.49. The first-order chi connectivity index (χ1) is 12.6. The van der Waals surface area contributed by atoms with E-state index in [2.05, 4.69) is 11.8 Å². The number of carbonyl (C=O) groups is 1. The van der Waals surface area contributed by atoms with Gasteiger partial charge in [0.25, 0.3) is 5.91 Å². The third kappa shape index (κ3) is 3.15. The van der Waals surface area contributed by atoms with Gasteiger partial charge in [-0.3, -0.25) is 9.69 Å². The van der Waals surface area contributed by atoms with Crippen molar-refractivity contribution < 1.29 is 18.3 Å². The molecule has 0 aliphatic carbocycles. The lowest BCUT2D eigenvalue weighted by atomic mass is 10.0. The molecular weight excluding hydrogens is 335 g/mol. The minimum Gasteiger partial charge on any atom is -0.472 e. The molecule has 2 fully saturated rings. The number of furan rings is 1. The average molecular weight is 358 g/mol. The van der Waals surface area contributed by atoms with Gasteiger partial charge in [0.05, 0.1) is 31.3 Å². The largest absolute Gasteiger partial charge is 0.472 e. The standard InChI is InChI=1S/C20H23FN2O3/c1-14-19(22-7-10-25-11-8-22)4-6-23(14)20(24)18-12-16(21)2-3-17(18)15-5-9-26-13-15/h2-3,5,9,12-14,19H,4,6-8,10-11H2,1H3/t14-,19-/m1/s1. The first-order valence-corrected chi connectivity index (χ1v) is 9.10. The number of nitrogens with zero attached hydrogens (tertiary/aromatic N) is 2. The van der Waals surface area contributed by atoms with Gasteiger partial charge < -0.3 is 14.1 Å². The quantitative estimate of drug-likeness (QED) is 0.846. The van der Waals surface area contributed by atoms with E-state index in [9.17, 15) is 9.18 Å². The molecule has 26 heavy (non-hydrogen) atoms. The third-order valence-corrected chi connectivity index (χ3v) is 5.53. The number of rotatable bonds is 3. The summed E-state index contributed by atoms with van der Waals surface area (Å²) in [4.78, 5) is 17.5. The molecule has 6 heteroatoms. The maximum atomic E-state index is 13.9. The Bertz CT molecular complexity index is 771. The van der Waals surface area contributed by atoms with E-state index >= 15 is 0 Å². The van der Waals surface area contributed by atoms with Gasteiger partial charge in [0.1, 0.15) is 5.82 Å². The summed E-state index contributed by atoms with van der Waals surface area (Å²) in [5.41, 5.74) is 1.87. The molecule has 0 unspecified atom stereocenters. The average Bonchev–Trinajstić information content (AvgIpc) is 3.32. The van der Waals surface area contributed by atoms with Crippen molar-refractivity contribution in [2.24, 2.45) is 0 Å². The van der Waals surface area contributed by atoms with Crippen LogP contribution in [0.15, 0.2) is 41.2 Å². The predicted octanol–water partition coefficient (Wildman–Crippen LogP) is 3.02. The fourth-order valence-corrected chi connectivity index (χ4v) is 4.12. The van der Waals surface area contributed by atoms with Gasteiger partial charge in [0.2, 0.25) is 0 Å². The molecular formula is C20H23FN2O3. The minimum atomic E-state index is -0.405. The monoisotopic (exact) mass is 358 g/mol. The topological polar surface area (TPSA) is 45.9 Å². The molecule has 3 heterocycles. The molecule has 5 nitrogen and oxygen atoms in total. The summed E-state index contributed by atoms with van der Waals surface area (Å²) in [5, 5.41) is 0. The van der Waals surface area contributed by atoms with Crippen LogP contribution in [0.4, 0.5) is 4.39 Å². The summed E-state index contributed by atoms with van der Waals surface area (Å²) >= 11 is 0. The van der Waals surface area contributed by atoms with Crippen LogP contribution in [0.3, 0.4) is 0 Å². The third-order valence-electron chi connectivity index (χ3n) is 5.53. The number of carbonyl (C=O) groups excluding carboxylic acids is 1. The number of ether oxygens (including phenoxy) is 1. The number of likely N-dealkylation sites (tertiary alicyclic amines) is 1. The van der Waals surface area contributed by atoms with E-state index in [0.717, 1.165) is 38.3 Å². The second-order valence-corrected chi connectivity index (χ2v) is 6.95. The Kier molecular flexibility index (Phi) is 4.78. The van der Waals surface area contributed by atoms with Crippen LogP contribution >= 0.6 is 0 Å². The SMILES string of the molecule is C[C@@H]1[C@H](N2CCOCC2)CCN1C(=O)c1cc(F)ccc1-c1ccoc1. The number of morpholine rings is 1. The molecule has 0 spiro atoms. The highest BCUT2D eigenvalue weighted by molar-refractivity contribution is 6.01. The molecule has 0 saturated carbocycles. The van der Waals surface area contributed by atoms with Crippen molar-refractivity contribution in [3.05, 3.63) is 48.2 Å². The fraction of sp³-hybridized carbons (Fsp3) is 0.450. The second kappa shape index (κ2) is 7.21. The highest BCUT2D eigenvalue weighted by Gasteiger charge is 2.38. The Morgan fingerprint density at radius 3 is 2.73 bits per heavy atom. The van der Waals surface area contributed by atoms with Crippen molar-refractivity contribution in [3.63, 3.8) is 0 Å². The molecule has 0 bridgehead atoms. The van der Waals surface area contributed by atoms with Gasteiger partial charge in [0.15, 0.2) is 0 Å². The number of amides is 1. The van der Waals surface area contributed by atoms with E-state index in [0.29, 0.717) is 23.7 Å². The Hall–Kier alpha value is -2.18. The van der Waals surface area contributed by atoms with Crippen LogP contribution in [-0.4, -0.2) is 60.6 Å². The summed E-state index contributed by atoms with van der Waals surface area (Å²) in [7, 11) is 0. The van der Waals surface area contributed by atoms with E-state index in [4.69, 9.17) is 9.15 Å². The van der Waals surface area contributed by atoms with Gasteiger partial charge in [-0.25, -0.2) is 4.39 Å². The Morgan fingerprint density at radius 1 is 1.19 bits per heavy atom. The maximum Gasteiger partial charge on any atom is 0.254 e. The minimum absolute atomic E-state index is 0.0843. The van der Waals surface area contributed by atoms with E-state index < -0.39 is 5.82 Å². The molecule has 2 aliphatic heterocycles. The highest BCUT2D eigenvalue weighted by atomic mass is 19.1. The zero-order valence-electron chi connectivity index (χ0n) is 14.9. The van der Waals surface area contributed by atoms with Crippen molar-refractivity contribution in [1.29, 1.82) is 0 Å². The van der Waals surface area contributed by atoms with E-state index in [1.54, 1.807) is 24.7 Å². The summed E-state index contributed by atoms with van der Waals surface area (Å²) in [5.74, 6) is -0.527. The van der Waals surface area contributed by atoms with E-state index in [1.807, 2.05) is 4.90 Å². The van der Waals surface area contributed by atoms with Crippen LogP contribution in [0.5, 0.6) is 0 Å². The molecule has 1 aromatic carbocycles. The van der Waals surface area contributed by atoms with Crippen molar-refractivity contribution >= 4 is 5.91 Å². The molecule has 1 aromatic heterocycles. The number of benzene rings is 1. The highest BCUT2D eigenvalue weighted by Crippen LogP contribution is 2.30. The lowest BCUT2D eigenvalue weighted by Gasteiger charge is -2.35. The zero-order chi connectivity index (χ0) is 18.1. The number of hydrogen-bond donors (Lipinski definition) is 0. The molecule has 2 aliphatic rings. The zero-order valence-corrected chi connectivity index (χ0v) is 14.9. The molecule has 0 radical (unpaired) electrons. The molecule has 4 rings (SSSR count). The summed E-state index contributed by atoms with van der Waals surface area (Å²) in [6.07, 6.45) is 4.07. The van der Waals surface area contributed by atoms with Gasteiger partial charge >= 0.3 is 0 Å². The van der Waals surface area contributed by atoms with Crippen molar-refractivity contribution in [1.82, 2.24) is 9.80 Å². The van der Waals surface area contributed by atoms with Crippen molar-refractivity contribution in [2.45, 2.75) is 25.4 Å². The predicted molar refractivity (Wildman–Crippen MR) is 95.4 cm³/mol. The van der Waals surface area contributed by atoms with Gasteiger partial charge in [-0.2, -0.15) is 0 Å². The van der Waals surface area contributed by atoms with Gasteiger partial charge in [0, 0.05) is 37.3 Å². The van der Waals surface area contributed by atoms with Crippen LogP contribution in [-0.2, 0) is 4.74 Å². The van der Waals surface area contributed by atoms with E-state index in [-0.39, 0.29) is 11.9 Å². The fourth-order valence-electron chi connectivity index (χ4n) is 4.12. The smallest absolute Gasteiger partial charge is 0.254 e. The summed E-state index contributed by atoms with van der Waals surface area (Å²) < 4.78 is 24.5. The van der Waals surface area contributed by atoms with Gasteiger partial charge in [-0.1, -0.05) is 6.07 Å². The van der Waals surface area contributed by atoms with Crippen LogP contribution in [0.2, 0.25) is 0 Å². The normalized spacial score (nSPS) is 24.2. The molecule has 2 saturated heterocycles. The van der Waals surface area contributed by atoms with Crippen LogP contribution in [0.1, 0.15) is 23.7 Å². The van der Waals surface area contributed by atoms with Crippen LogP contribution in [0, 0.1) is 5.82 Å². The van der Waals surface area contributed by atoms with Crippen LogP contribution in [0.25, 0.3) is 11.1 Å². The Labute approximate surface area is 152 Å². The Morgan fingerprint density at radius 2 is 2.00 bits per heavy atom. The molecule has 1 amide bonds. The summed E-state index contributed by atoms with van der Waals surface area (Å²) in [6.45, 7) is 6.05. The first-order valence-electron chi connectivity index (χ1n) is 9.10. The van der Waals surface area contributed by atoms with Gasteiger partial charge in [-0.05, 0) is 37.1 Å². The van der Waals surface area contributed by atoms with Crippen molar-refractivity contribution in [2.75, 3.05) is 32.8 Å². The molecule has 0 N–H and O–H groups in total. The van der Waals surface area contributed by atoms with Crippen LogP contribution < -0.4 is 0 Å². The lowest BCUT2D eigenvalue weighted by molar-refractivity contribution is 0.0104. The van der Waals surface area contributed by atoms with Gasteiger partial charge in [-0.15, -0.1) is 0 Å². The maximum absolute atomic E-state index is 13.9. The molecule has 2 aromatic rings. The Balaban J connectivity index is 1.59. The molecule has 138 valence electrons. The number of hydrogen-bond acceptors (Lipinski definition) is 4. The second-order valence-electron chi connectivity index (χ2n) is 6.95. The summed E-state index contributed by atoms with van der Waals surface area (Å²) in [6, 6.07) is 6.55. The number of halogens is 1. The first kappa shape index (κ1) is 17.2. The molecule has 2 atom stereocenters. The van der Waals surface area contributed by atoms with E-state index in [1.165, 1.54) is 12.1 Å².